The van der Waals surface area contributed by atoms with Gasteiger partial charge < -0.3 is 14.8 Å². The molecular formula is C21H21N3O3S. The minimum Gasteiger partial charge on any atom is -0.495 e. The molecule has 6 nitrogen and oxygen atoms in total. The molecule has 0 aliphatic rings. The fraction of sp³-hybridized carbons (Fsp3) is 0.190. The number of aryl methyl sites for hydroxylation is 2. The number of hydrogen-bond donors (Lipinski definition) is 1. The Balaban J connectivity index is 1.60. The Morgan fingerprint density at radius 1 is 1.07 bits per heavy atom. The van der Waals surface area contributed by atoms with Crippen LogP contribution in [0.5, 0.6) is 17.4 Å². The highest BCUT2D eigenvalue weighted by Crippen LogP contribution is 2.26. The summed E-state index contributed by atoms with van der Waals surface area (Å²) in [6, 6.07) is 15.0. The van der Waals surface area contributed by atoms with Gasteiger partial charge in [0.2, 0.25) is 11.8 Å². The zero-order valence-electron chi connectivity index (χ0n) is 15.9. The molecule has 0 saturated carbocycles. The average Bonchev–Trinajstić information content (AvgIpc) is 2.66. The van der Waals surface area contributed by atoms with E-state index in [2.05, 4.69) is 21.4 Å². The molecule has 144 valence electrons. The Labute approximate surface area is 168 Å². The summed E-state index contributed by atoms with van der Waals surface area (Å²) in [4.78, 5) is 20.6. The molecule has 0 spiro atoms. The van der Waals surface area contributed by atoms with E-state index in [1.54, 1.807) is 25.3 Å². The van der Waals surface area contributed by atoms with Gasteiger partial charge in [-0.25, -0.2) is 9.97 Å². The first-order valence-corrected chi connectivity index (χ1v) is 9.66. The molecule has 0 bridgehead atoms. The van der Waals surface area contributed by atoms with Gasteiger partial charge in [0, 0.05) is 6.07 Å². The molecule has 3 rings (SSSR count). The second-order valence-electron chi connectivity index (χ2n) is 6.16. The normalized spacial score (nSPS) is 10.4. The van der Waals surface area contributed by atoms with Gasteiger partial charge in [0.15, 0.2) is 0 Å². The number of nitrogens with zero attached hydrogens (tertiary/aromatic N) is 2. The fourth-order valence-electron chi connectivity index (χ4n) is 2.64. The lowest BCUT2D eigenvalue weighted by Crippen LogP contribution is -2.14. The average molecular weight is 395 g/mol. The van der Waals surface area contributed by atoms with Gasteiger partial charge in [0.1, 0.15) is 22.9 Å². The van der Waals surface area contributed by atoms with Crippen molar-refractivity contribution in [1.82, 2.24) is 9.97 Å². The van der Waals surface area contributed by atoms with Crippen molar-refractivity contribution < 1.29 is 14.3 Å². The summed E-state index contributed by atoms with van der Waals surface area (Å²) in [5.41, 5.74) is 2.87. The smallest absolute Gasteiger partial charge is 0.234 e. The zero-order chi connectivity index (χ0) is 19.9. The number of thioether (sulfide) groups is 1. The maximum Gasteiger partial charge on any atom is 0.234 e. The van der Waals surface area contributed by atoms with Crippen LogP contribution < -0.4 is 14.8 Å². The van der Waals surface area contributed by atoms with Gasteiger partial charge in [0.05, 0.1) is 18.6 Å². The summed E-state index contributed by atoms with van der Waals surface area (Å²) in [7, 11) is 1.57. The summed E-state index contributed by atoms with van der Waals surface area (Å²) in [5.74, 6) is 1.84. The van der Waals surface area contributed by atoms with Crippen molar-refractivity contribution in [1.29, 1.82) is 0 Å². The van der Waals surface area contributed by atoms with E-state index in [0.29, 0.717) is 22.3 Å². The van der Waals surface area contributed by atoms with Crippen LogP contribution in [0.4, 0.5) is 5.69 Å². The number of anilines is 1. The Morgan fingerprint density at radius 2 is 1.82 bits per heavy atom. The van der Waals surface area contributed by atoms with E-state index < -0.39 is 0 Å². The lowest BCUT2D eigenvalue weighted by atomic mass is 10.1. The summed E-state index contributed by atoms with van der Waals surface area (Å²) >= 11 is 1.31. The first-order valence-electron chi connectivity index (χ1n) is 8.67. The highest BCUT2D eigenvalue weighted by Gasteiger charge is 2.09. The molecule has 2 aromatic carbocycles. The van der Waals surface area contributed by atoms with Crippen molar-refractivity contribution in [3.63, 3.8) is 0 Å². The van der Waals surface area contributed by atoms with E-state index in [9.17, 15) is 4.79 Å². The molecule has 1 heterocycles. The predicted molar refractivity (Wildman–Crippen MR) is 110 cm³/mol. The van der Waals surface area contributed by atoms with Crippen LogP contribution in [0.15, 0.2) is 59.9 Å². The quantitative estimate of drug-likeness (QED) is 0.465. The highest BCUT2D eigenvalue weighted by atomic mass is 32.2. The molecular weight excluding hydrogens is 374 g/mol. The van der Waals surface area contributed by atoms with Gasteiger partial charge in [-0.2, -0.15) is 0 Å². The Kier molecular flexibility index (Phi) is 6.49. The summed E-state index contributed by atoms with van der Waals surface area (Å²) in [5, 5.41) is 3.50. The standard InChI is InChI=1S/C21H21N3O3S/c1-14-8-15(2)10-16(9-14)27-20-11-21(23-13-22-20)28-12-19(25)24-17-6-4-5-7-18(17)26-3/h4-11,13H,12H2,1-3H3,(H,24,25). The first-order chi connectivity index (χ1) is 13.5. The number of hydrogen-bond acceptors (Lipinski definition) is 6. The van der Waals surface area contributed by atoms with Crippen LogP contribution in [-0.4, -0.2) is 28.7 Å². The number of carbonyl (C=O) groups is 1. The maximum atomic E-state index is 12.2. The monoisotopic (exact) mass is 395 g/mol. The molecule has 0 atom stereocenters. The minimum absolute atomic E-state index is 0.148. The van der Waals surface area contributed by atoms with Gasteiger partial charge in [0.25, 0.3) is 0 Å². The molecule has 3 aromatic rings. The second-order valence-corrected chi connectivity index (χ2v) is 7.15. The molecule has 1 aromatic heterocycles. The molecule has 0 aliphatic carbocycles. The van der Waals surface area contributed by atoms with Crippen LogP contribution in [0.3, 0.4) is 0 Å². The van der Waals surface area contributed by atoms with Gasteiger partial charge in [-0.05, 0) is 49.2 Å². The number of methoxy groups -OCH3 is 1. The number of para-hydroxylation sites is 2. The van der Waals surface area contributed by atoms with Crippen molar-refractivity contribution >= 4 is 23.4 Å². The summed E-state index contributed by atoms with van der Waals surface area (Å²) in [6.45, 7) is 4.03. The fourth-order valence-corrected chi connectivity index (χ4v) is 3.30. The molecule has 1 N–H and O–H groups in total. The molecule has 0 aliphatic heterocycles. The highest BCUT2D eigenvalue weighted by molar-refractivity contribution is 7.99. The molecule has 1 amide bonds. The van der Waals surface area contributed by atoms with Crippen LogP contribution >= 0.6 is 11.8 Å². The first kappa shape index (κ1) is 19.7. The van der Waals surface area contributed by atoms with Crippen LogP contribution in [0, 0.1) is 13.8 Å². The molecule has 0 fully saturated rings. The summed E-state index contributed by atoms with van der Waals surface area (Å²) in [6.07, 6.45) is 1.43. The molecule has 7 heteroatoms. The van der Waals surface area contributed by atoms with Crippen molar-refractivity contribution in [2.24, 2.45) is 0 Å². The van der Waals surface area contributed by atoms with Crippen LogP contribution in [0.1, 0.15) is 11.1 Å². The third-order valence-electron chi connectivity index (χ3n) is 3.77. The molecule has 0 saturated heterocycles. The minimum atomic E-state index is -0.148. The molecule has 0 unspecified atom stereocenters. The number of nitrogens with one attached hydrogen (secondary N) is 1. The maximum absolute atomic E-state index is 12.2. The molecule has 0 radical (unpaired) electrons. The van der Waals surface area contributed by atoms with E-state index in [1.807, 2.05) is 38.1 Å². The Morgan fingerprint density at radius 3 is 2.57 bits per heavy atom. The second kappa shape index (κ2) is 9.23. The third kappa shape index (κ3) is 5.47. The van der Waals surface area contributed by atoms with E-state index in [0.717, 1.165) is 16.9 Å². The van der Waals surface area contributed by atoms with Gasteiger partial charge in [-0.3, -0.25) is 4.79 Å². The Hall–Kier alpha value is -3.06. The van der Waals surface area contributed by atoms with Crippen molar-refractivity contribution in [3.8, 4) is 17.4 Å². The van der Waals surface area contributed by atoms with Crippen molar-refractivity contribution in [2.45, 2.75) is 18.9 Å². The Bertz CT molecular complexity index is 958. The third-order valence-corrected chi connectivity index (χ3v) is 4.69. The molecule has 28 heavy (non-hydrogen) atoms. The van der Waals surface area contributed by atoms with Crippen molar-refractivity contribution in [3.05, 3.63) is 66.0 Å². The number of aromatic nitrogens is 2. The number of amides is 1. The van der Waals surface area contributed by atoms with Crippen LogP contribution in [-0.2, 0) is 4.79 Å². The van der Waals surface area contributed by atoms with E-state index in [-0.39, 0.29) is 11.7 Å². The zero-order valence-corrected chi connectivity index (χ0v) is 16.7. The largest absolute Gasteiger partial charge is 0.495 e. The van der Waals surface area contributed by atoms with Gasteiger partial charge in [-0.1, -0.05) is 30.0 Å². The summed E-state index contributed by atoms with van der Waals surface area (Å²) < 4.78 is 11.1. The van der Waals surface area contributed by atoms with E-state index >= 15 is 0 Å². The number of rotatable bonds is 7. The number of carbonyl (C=O) groups excluding carboxylic acids is 1. The van der Waals surface area contributed by atoms with Crippen LogP contribution in [0.2, 0.25) is 0 Å². The lowest BCUT2D eigenvalue weighted by Gasteiger charge is -2.10. The predicted octanol–water partition coefficient (Wildman–Crippen LogP) is 4.63. The van der Waals surface area contributed by atoms with Crippen molar-refractivity contribution in [2.75, 3.05) is 18.2 Å². The van der Waals surface area contributed by atoms with E-state index in [1.165, 1.54) is 18.1 Å². The van der Waals surface area contributed by atoms with E-state index in [4.69, 9.17) is 9.47 Å². The number of ether oxygens (including phenoxy) is 2. The lowest BCUT2D eigenvalue weighted by molar-refractivity contribution is -0.113. The van der Waals surface area contributed by atoms with Gasteiger partial charge >= 0.3 is 0 Å². The van der Waals surface area contributed by atoms with Gasteiger partial charge in [-0.15, -0.1) is 0 Å². The number of benzene rings is 2. The topological polar surface area (TPSA) is 73.3 Å². The van der Waals surface area contributed by atoms with Crippen LogP contribution in [0.25, 0.3) is 0 Å². The SMILES string of the molecule is COc1ccccc1NC(=O)CSc1cc(Oc2cc(C)cc(C)c2)ncn1.